The molecule has 2 aliphatic rings. The van der Waals surface area contributed by atoms with Gasteiger partial charge in [0.05, 0.1) is 17.3 Å². The number of likely N-dealkylation sites (tertiary alicyclic amines) is 2. The third-order valence-corrected chi connectivity index (χ3v) is 8.19. The van der Waals surface area contributed by atoms with E-state index in [1.165, 1.54) is 0 Å². The minimum atomic E-state index is -0.581. The van der Waals surface area contributed by atoms with E-state index in [-0.39, 0.29) is 23.1 Å². The summed E-state index contributed by atoms with van der Waals surface area (Å²) in [7, 11) is 0. The minimum Gasteiger partial charge on any atom is -0.348 e. The third kappa shape index (κ3) is 5.22. The molecule has 3 aromatic heterocycles. The van der Waals surface area contributed by atoms with Gasteiger partial charge in [0.2, 0.25) is 0 Å². The zero-order valence-corrected chi connectivity index (χ0v) is 22.3. The maximum Gasteiger partial charge on any atom is 0.267 e. The van der Waals surface area contributed by atoms with E-state index in [0.29, 0.717) is 25.4 Å². The summed E-state index contributed by atoms with van der Waals surface area (Å²) >= 11 is 0. The van der Waals surface area contributed by atoms with Crippen LogP contribution in [0.5, 0.6) is 0 Å². The Hall–Kier alpha value is -3.54. The van der Waals surface area contributed by atoms with E-state index in [0.717, 1.165) is 55.8 Å². The highest BCUT2D eigenvalue weighted by atomic mass is 16.2. The van der Waals surface area contributed by atoms with Crippen LogP contribution in [0, 0.1) is 11.3 Å². The molecule has 8 heteroatoms. The lowest BCUT2D eigenvalue weighted by molar-refractivity contribution is 0.0884. The number of nitriles is 1. The molecule has 2 fully saturated rings. The summed E-state index contributed by atoms with van der Waals surface area (Å²) in [5.41, 5.74) is 1.88. The van der Waals surface area contributed by atoms with Gasteiger partial charge in [-0.1, -0.05) is 12.1 Å². The van der Waals surface area contributed by atoms with Crippen molar-refractivity contribution in [2.24, 2.45) is 0 Å². The number of hydrogen-bond donors (Lipinski definition) is 1. The van der Waals surface area contributed by atoms with Crippen LogP contribution in [-0.4, -0.2) is 63.4 Å². The largest absolute Gasteiger partial charge is 0.348 e. The summed E-state index contributed by atoms with van der Waals surface area (Å²) in [5, 5.41) is 13.2. The lowest BCUT2D eigenvalue weighted by Gasteiger charge is -2.37. The van der Waals surface area contributed by atoms with Crippen LogP contribution < -0.4 is 10.9 Å². The van der Waals surface area contributed by atoms with Gasteiger partial charge in [0.1, 0.15) is 11.0 Å². The fourth-order valence-corrected chi connectivity index (χ4v) is 5.87. The van der Waals surface area contributed by atoms with Gasteiger partial charge >= 0.3 is 0 Å². The second-order valence-electron chi connectivity index (χ2n) is 10.9. The number of pyridine rings is 3. The number of fused-ring (bicyclic) bond motifs is 1. The summed E-state index contributed by atoms with van der Waals surface area (Å²) in [6, 6.07) is 16.2. The number of nitrogens with one attached hydrogen (secondary N) is 1. The molecular weight excluding hydrogens is 476 g/mol. The van der Waals surface area contributed by atoms with Crippen LogP contribution in [0.25, 0.3) is 5.52 Å². The molecule has 0 aromatic carbocycles. The van der Waals surface area contributed by atoms with Crippen molar-refractivity contribution >= 4 is 11.4 Å². The average Bonchev–Trinajstić information content (AvgIpc) is 2.95. The van der Waals surface area contributed by atoms with Crippen molar-refractivity contribution in [3.63, 3.8) is 0 Å². The van der Waals surface area contributed by atoms with E-state index < -0.39 is 5.41 Å². The highest BCUT2D eigenvalue weighted by molar-refractivity contribution is 5.94. The summed E-state index contributed by atoms with van der Waals surface area (Å²) in [5.74, 6) is -0.303. The fourth-order valence-electron chi connectivity index (χ4n) is 5.87. The first-order chi connectivity index (χ1) is 18.4. The highest BCUT2D eigenvalue weighted by Gasteiger charge is 2.37. The monoisotopic (exact) mass is 512 g/mol. The van der Waals surface area contributed by atoms with Crippen molar-refractivity contribution in [3.05, 3.63) is 82.0 Å². The van der Waals surface area contributed by atoms with Gasteiger partial charge < -0.3 is 5.32 Å². The Kier molecular flexibility index (Phi) is 7.59. The first-order valence-corrected chi connectivity index (χ1v) is 13.6. The number of carbonyl (C=O) groups excluding carboxylic acids is 1. The van der Waals surface area contributed by atoms with Crippen LogP contribution in [0.15, 0.2) is 59.7 Å². The first kappa shape index (κ1) is 26.1. The molecule has 0 aliphatic carbocycles. The van der Waals surface area contributed by atoms with Gasteiger partial charge in [0, 0.05) is 50.7 Å². The summed E-state index contributed by atoms with van der Waals surface area (Å²) in [6.45, 7) is 8.25. The highest BCUT2D eigenvalue weighted by Crippen LogP contribution is 2.34. The molecule has 1 N–H and O–H groups in total. The molecule has 3 aromatic rings. The van der Waals surface area contributed by atoms with Crippen molar-refractivity contribution in [1.29, 1.82) is 5.26 Å². The van der Waals surface area contributed by atoms with Gasteiger partial charge in [-0.05, 0) is 82.0 Å². The number of amides is 1. The number of hydrogen-bond acceptors (Lipinski definition) is 6. The Morgan fingerprint density at radius 2 is 1.97 bits per heavy atom. The van der Waals surface area contributed by atoms with Crippen molar-refractivity contribution in [2.75, 3.05) is 26.2 Å². The second-order valence-corrected chi connectivity index (χ2v) is 10.9. The van der Waals surface area contributed by atoms with E-state index in [4.69, 9.17) is 0 Å². The van der Waals surface area contributed by atoms with Crippen molar-refractivity contribution < 1.29 is 4.79 Å². The van der Waals surface area contributed by atoms with Crippen molar-refractivity contribution in [2.45, 2.75) is 63.6 Å². The van der Waals surface area contributed by atoms with E-state index in [1.54, 1.807) is 22.9 Å². The zero-order valence-electron chi connectivity index (χ0n) is 22.3. The van der Waals surface area contributed by atoms with Crippen LogP contribution in [0.2, 0.25) is 0 Å². The summed E-state index contributed by atoms with van der Waals surface area (Å²) in [6.07, 6.45) is 6.80. The molecule has 5 rings (SSSR count). The van der Waals surface area contributed by atoms with Gasteiger partial charge in [-0.3, -0.25) is 28.8 Å². The Labute approximate surface area is 223 Å². The zero-order chi connectivity index (χ0) is 26.7. The Morgan fingerprint density at radius 3 is 2.68 bits per heavy atom. The number of aromatic nitrogens is 2. The Balaban J connectivity index is 1.36. The summed E-state index contributed by atoms with van der Waals surface area (Å²) in [4.78, 5) is 35.9. The molecule has 198 valence electrons. The molecule has 2 saturated heterocycles. The van der Waals surface area contributed by atoms with Crippen LogP contribution in [0.1, 0.15) is 61.1 Å². The van der Waals surface area contributed by atoms with E-state index >= 15 is 0 Å². The average molecular weight is 513 g/mol. The maximum atomic E-state index is 13.4. The van der Waals surface area contributed by atoms with Crippen molar-refractivity contribution in [1.82, 2.24) is 24.5 Å². The Bertz CT molecular complexity index is 1390. The number of nitrogens with zero attached hydrogens (tertiary/aromatic N) is 5. The SMILES string of the molecule is CC(C)N1CCCC(NC(=O)c2cc(CN3CCC(C#N)(c4ccccn4)CC3)c3ccccn3c2=O)C1. The quantitative estimate of drug-likeness (QED) is 0.545. The molecular formula is C30H36N6O2. The lowest BCUT2D eigenvalue weighted by Crippen LogP contribution is -2.50. The van der Waals surface area contributed by atoms with Crippen LogP contribution >= 0.6 is 0 Å². The molecule has 1 unspecified atom stereocenters. The molecule has 0 saturated carbocycles. The van der Waals surface area contributed by atoms with E-state index in [1.807, 2.05) is 36.4 Å². The molecule has 38 heavy (non-hydrogen) atoms. The minimum absolute atomic E-state index is 0.0331. The number of rotatable bonds is 6. The number of piperidine rings is 2. The predicted octanol–water partition coefficient (Wildman–Crippen LogP) is 3.35. The van der Waals surface area contributed by atoms with Gasteiger partial charge in [0.25, 0.3) is 11.5 Å². The van der Waals surface area contributed by atoms with Crippen LogP contribution in [0.3, 0.4) is 0 Å². The van der Waals surface area contributed by atoms with E-state index in [2.05, 4.69) is 40.0 Å². The summed E-state index contributed by atoms with van der Waals surface area (Å²) < 4.78 is 1.59. The molecule has 1 amide bonds. The normalized spacial score (nSPS) is 20.3. The smallest absolute Gasteiger partial charge is 0.267 e. The second kappa shape index (κ2) is 11.1. The van der Waals surface area contributed by atoms with E-state index in [9.17, 15) is 14.9 Å². The standard InChI is InChI=1S/C30H36N6O2/c1-22(2)35-14-7-8-24(20-35)33-28(37)25-18-23(26-9-4-6-15-36(26)29(25)38)19-34-16-11-30(21-31,12-17-34)27-10-3-5-13-32-27/h3-6,9-10,13,15,18,22,24H,7-8,11-12,14,16-17,19-20H2,1-2H3,(H,33,37). The Morgan fingerprint density at radius 1 is 1.18 bits per heavy atom. The molecule has 0 bridgehead atoms. The van der Waals surface area contributed by atoms with Gasteiger partial charge in [-0.25, -0.2) is 0 Å². The van der Waals surface area contributed by atoms with Crippen LogP contribution in [-0.2, 0) is 12.0 Å². The molecule has 0 radical (unpaired) electrons. The lowest BCUT2D eigenvalue weighted by atomic mass is 9.76. The van der Waals surface area contributed by atoms with Crippen molar-refractivity contribution in [3.8, 4) is 6.07 Å². The molecule has 2 aliphatic heterocycles. The van der Waals surface area contributed by atoms with Gasteiger partial charge in [-0.15, -0.1) is 0 Å². The van der Waals surface area contributed by atoms with Gasteiger partial charge in [0.15, 0.2) is 0 Å². The first-order valence-electron chi connectivity index (χ1n) is 13.6. The molecule has 1 atom stereocenters. The molecule has 8 nitrogen and oxygen atoms in total. The third-order valence-electron chi connectivity index (χ3n) is 8.19. The fraction of sp³-hybridized carbons (Fsp3) is 0.467. The van der Waals surface area contributed by atoms with Crippen LogP contribution in [0.4, 0.5) is 0 Å². The number of carbonyl (C=O) groups is 1. The molecule has 5 heterocycles. The molecule has 0 spiro atoms. The van der Waals surface area contributed by atoms with Gasteiger partial charge in [-0.2, -0.15) is 5.26 Å². The topological polar surface area (TPSA) is 93.7 Å². The maximum absolute atomic E-state index is 13.4. The predicted molar refractivity (Wildman–Crippen MR) is 147 cm³/mol.